The van der Waals surface area contributed by atoms with E-state index in [1.165, 1.54) is 0 Å². The maximum atomic E-state index is 12.4. The molecule has 0 atom stereocenters. The largest absolute Gasteiger partial charge is 0.228 e. The Hall–Kier alpha value is -0.0600. The van der Waals surface area contributed by atoms with E-state index in [1.54, 1.807) is 24.3 Å². The zero-order valence-electron chi connectivity index (χ0n) is 10.7. The summed E-state index contributed by atoms with van der Waals surface area (Å²) in [5, 5.41) is 1.41. The van der Waals surface area contributed by atoms with Crippen molar-refractivity contribution >= 4 is 37.4 Å². The van der Waals surface area contributed by atoms with Gasteiger partial charge in [-0.05, 0) is 36.0 Å². The van der Waals surface area contributed by atoms with Gasteiger partial charge in [-0.2, -0.15) is 0 Å². The zero-order valence-corrected chi connectivity index (χ0v) is 13.9. The minimum atomic E-state index is -3.07. The first kappa shape index (κ1) is 15.3. The van der Waals surface area contributed by atoms with Gasteiger partial charge in [-0.3, -0.25) is 0 Å². The smallest absolute Gasteiger partial charge is 0.155 e. The summed E-state index contributed by atoms with van der Waals surface area (Å²) in [6.07, 6.45) is 4.31. The average molecular weight is 366 g/mol. The summed E-state index contributed by atoms with van der Waals surface area (Å²) < 4.78 is 24.7. The van der Waals surface area contributed by atoms with Crippen molar-refractivity contribution in [3.05, 3.63) is 34.9 Å². The number of alkyl halides is 1. The average Bonchev–Trinajstić information content (AvgIpc) is 2.80. The molecule has 0 unspecified atom stereocenters. The van der Waals surface area contributed by atoms with Crippen molar-refractivity contribution < 1.29 is 8.42 Å². The molecule has 2 nitrogen and oxygen atoms in total. The molecule has 1 aromatic rings. The van der Waals surface area contributed by atoms with Crippen LogP contribution in [-0.2, 0) is 15.6 Å². The number of hydrogen-bond donors (Lipinski definition) is 0. The van der Waals surface area contributed by atoms with Crippen LogP contribution in [0.3, 0.4) is 0 Å². The second-order valence-electron chi connectivity index (χ2n) is 5.50. The van der Waals surface area contributed by atoms with E-state index in [-0.39, 0.29) is 16.9 Å². The van der Waals surface area contributed by atoms with E-state index in [4.69, 9.17) is 11.6 Å². The lowest BCUT2D eigenvalue weighted by atomic mass is 9.92. The van der Waals surface area contributed by atoms with Crippen molar-refractivity contribution in [2.24, 2.45) is 5.41 Å². The van der Waals surface area contributed by atoms with Gasteiger partial charge in [-0.15, -0.1) is 0 Å². The standard InChI is InChI=1S/C14H18BrClO2S/c15-10-14(7-1-2-8-14)11-19(17,18)9-12-3-5-13(16)6-4-12/h3-6H,1-2,7-11H2. The van der Waals surface area contributed by atoms with E-state index in [0.717, 1.165) is 36.6 Å². The lowest BCUT2D eigenvalue weighted by Crippen LogP contribution is -2.29. The highest BCUT2D eigenvalue weighted by Crippen LogP contribution is 2.41. The first-order chi connectivity index (χ1) is 8.95. The molecule has 0 spiro atoms. The third-order valence-electron chi connectivity index (χ3n) is 3.77. The molecule has 0 heterocycles. The molecule has 19 heavy (non-hydrogen) atoms. The quantitative estimate of drug-likeness (QED) is 0.732. The summed E-state index contributed by atoms with van der Waals surface area (Å²) in [6, 6.07) is 7.05. The van der Waals surface area contributed by atoms with Crippen LogP contribution in [0.5, 0.6) is 0 Å². The minimum Gasteiger partial charge on any atom is -0.228 e. The molecule has 1 aromatic carbocycles. The molecule has 106 valence electrons. The Morgan fingerprint density at radius 1 is 1.16 bits per heavy atom. The Balaban J connectivity index is 2.08. The second kappa shape index (κ2) is 6.15. The monoisotopic (exact) mass is 364 g/mol. The molecule has 0 amide bonds. The minimum absolute atomic E-state index is 0.0503. The van der Waals surface area contributed by atoms with Crippen molar-refractivity contribution in [2.75, 3.05) is 11.1 Å². The summed E-state index contributed by atoms with van der Waals surface area (Å²) in [4.78, 5) is 0. The molecule has 0 bridgehead atoms. The van der Waals surface area contributed by atoms with Gasteiger partial charge in [0.1, 0.15) is 0 Å². The van der Waals surface area contributed by atoms with Crippen LogP contribution in [-0.4, -0.2) is 19.5 Å². The lowest BCUT2D eigenvalue weighted by Gasteiger charge is -2.26. The predicted octanol–water partition coefficient (Wildman–Crippen LogP) is 4.21. The first-order valence-corrected chi connectivity index (χ1v) is 9.78. The molecule has 5 heteroatoms. The van der Waals surface area contributed by atoms with E-state index in [1.807, 2.05) is 0 Å². The summed E-state index contributed by atoms with van der Waals surface area (Å²) in [6.45, 7) is 0. The predicted molar refractivity (Wildman–Crippen MR) is 83.6 cm³/mol. The molecule has 2 rings (SSSR count). The molecule has 0 aromatic heterocycles. The number of rotatable bonds is 5. The van der Waals surface area contributed by atoms with Crippen LogP contribution >= 0.6 is 27.5 Å². The molecule has 1 fully saturated rings. The summed E-state index contributed by atoms with van der Waals surface area (Å²) in [5.74, 6) is 0.396. The number of benzene rings is 1. The molecule has 1 saturated carbocycles. The Morgan fingerprint density at radius 3 is 2.26 bits per heavy atom. The van der Waals surface area contributed by atoms with Crippen LogP contribution in [0, 0.1) is 5.41 Å². The molecule has 0 saturated heterocycles. The van der Waals surface area contributed by atoms with Crippen molar-refractivity contribution in [3.63, 3.8) is 0 Å². The van der Waals surface area contributed by atoms with E-state index in [2.05, 4.69) is 15.9 Å². The Labute approximate surface area is 128 Å². The van der Waals surface area contributed by atoms with Gasteiger partial charge in [-0.1, -0.05) is 52.5 Å². The number of sulfone groups is 1. The lowest BCUT2D eigenvalue weighted by molar-refractivity contribution is 0.394. The van der Waals surface area contributed by atoms with Gasteiger partial charge in [-0.25, -0.2) is 8.42 Å². The van der Waals surface area contributed by atoms with Crippen LogP contribution in [0.2, 0.25) is 5.02 Å². The Kier molecular flexibility index (Phi) is 4.96. The fourth-order valence-corrected chi connectivity index (χ4v) is 6.07. The van der Waals surface area contributed by atoms with E-state index >= 15 is 0 Å². The highest BCUT2D eigenvalue weighted by Gasteiger charge is 2.37. The molecular weight excluding hydrogens is 348 g/mol. The summed E-state index contributed by atoms with van der Waals surface area (Å²) >= 11 is 9.31. The number of hydrogen-bond acceptors (Lipinski definition) is 2. The summed E-state index contributed by atoms with van der Waals surface area (Å²) in [7, 11) is -3.07. The maximum Gasteiger partial charge on any atom is 0.155 e. The van der Waals surface area contributed by atoms with Gasteiger partial charge in [0, 0.05) is 10.4 Å². The SMILES string of the molecule is O=S(=O)(Cc1ccc(Cl)cc1)CC1(CBr)CCCC1. The van der Waals surface area contributed by atoms with Crippen molar-refractivity contribution in [1.29, 1.82) is 0 Å². The van der Waals surface area contributed by atoms with Crippen LogP contribution in [0.1, 0.15) is 31.2 Å². The topological polar surface area (TPSA) is 34.1 Å². The van der Waals surface area contributed by atoms with E-state index < -0.39 is 9.84 Å². The van der Waals surface area contributed by atoms with Gasteiger partial charge in [0.05, 0.1) is 11.5 Å². The second-order valence-corrected chi connectivity index (χ2v) is 8.56. The number of halogens is 2. The fraction of sp³-hybridized carbons (Fsp3) is 0.571. The first-order valence-electron chi connectivity index (χ1n) is 6.46. The van der Waals surface area contributed by atoms with Gasteiger partial charge >= 0.3 is 0 Å². The van der Waals surface area contributed by atoms with E-state index in [9.17, 15) is 8.42 Å². The van der Waals surface area contributed by atoms with Gasteiger partial charge in [0.2, 0.25) is 0 Å². The van der Waals surface area contributed by atoms with E-state index in [0.29, 0.717) is 5.02 Å². The molecule has 1 aliphatic carbocycles. The van der Waals surface area contributed by atoms with Crippen molar-refractivity contribution in [1.82, 2.24) is 0 Å². The zero-order chi connectivity index (χ0) is 13.9. The summed E-state index contributed by atoms with van der Waals surface area (Å²) in [5.41, 5.74) is 0.762. The maximum absolute atomic E-state index is 12.4. The van der Waals surface area contributed by atoms with Gasteiger partial charge in [0.15, 0.2) is 9.84 Å². The normalized spacial score (nSPS) is 18.6. The molecular formula is C14H18BrClO2S. The molecule has 0 aliphatic heterocycles. The fourth-order valence-electron chi connectivity index (χ4n) is 2.79. The van der Waals surface area contributed by atoms with Gasteiger partial charge < -0.3 is 0 Å². The van der Waals surface area contributed by atoms with Crippen LogP contribution < -0.4 is 0 Å². The third-order valence-corrected chi connectivity index (χ3v) is 7.04. The van der Waals surface area contributed by atoms with Crippen molar-refractivity contribution in [3.8, 4) is 0 Å². The van der Waals surface area contributed by atoms with Crippen LogP contribution in [0.25, 0.3) is 0 Å². The van der Waals surface area contributed by atoms with Crippen LogP contribution in [0.15, 0.2) is 24.3 Å². The van der Waals surface area contributed by atoms with Gasteiger partial charge in [0.25, 0.3) is 0 Å². The molecule has 0 N–H and O–H groups in total. The Bertz CT molecular complexity index is 519. The molecule has 1 aliphatic rings. The molecule has 0 radical (unpaired) electrons. The highest BCUT2D eigenvalue weighted by molar-refractivity contribution is 9.09. The highest BCUT2D eigenvalue weighted by atomic mass is 79.9. The Morgan fingerprint density at radius 2 is 1.74 bits per heavy atom. The third kappa shape index (κ3) is 4.20. The van der Waals surface area contributed by atoms with Crippen LogP contribution in [0.4, 0.5) is 0 Å². The van der Waals surface area contributed by atoms with Crippen molar-refractivity contribution in [2.45, 2.75) is 31.4 Å².